The topological polar surface area (TPSA) is 0 Å². The molecule has 0 aliphatic rings. The summed E-state index contributed by atoms with van der Waals surface area (Å²) >= 11 is 0. The molecular formula is C18H10F4. The highest BCUT2D eigenvalue weighted by atomic mass is 19.2. The zero-order chi connectivity index (χ0) is 15.7. The van der Waals surface area contributed by atoms with E-state index in [4.69, 9.17) is 0 Å². The summed E-state index contributed by atoms with van der Waals surface area (Å²) in [5.41, 5.74) is -0.0472. The summed E-state index contributed by atoms with van der Waals surface area (Å²) < 4.78 is 55.6. The fourth-order valence-corrected chi connectivity index (χ4v) is 2.31. The second-order valence-corrected chi connectivity index (χ2v) is 4.76. The number of rotatable bonds is 2. The van der Waals surface area contributed by atoms with E-state index >= 15 is 0 Å². The van der Waals surface area contributed by atoms with Gasteiger partial charge in [0.1, 0.15) is 0 Å². The molecule has 0 amide bonds. The van der Waals surface area contributed by atoms with Crippen LogP contribution < -0.4 is 0 Å². The number of hydrogen-bond acceptors (Lipinski definition) is 0. The van der Waals surface area contributed by atoms with Crippen molar-refractivity contribution in [3.8, 4) is 22.3 Å². The van der Waals surface area contributed by atoms with Crippen molar-refractivity contribution in [3.05, 3.63) is 83.9 Å². The van der Waals surface area contributed by atoms with E-state index in [0.29, 0.717) is 5.56 Å². The molecule has 0 bridgehead atoms. The number of hydrogen-bond donors (Lipinski definition) is 0. The van der Waals surface area contributed by atoms with Gasteiger partial charge >= 0.3 is 0 Å². The molecule has 0 N–H and O–H groups in total. The summed E-state index contributed by atoms with van der Waals surface area (Å²) in [5.74, 6) is -4.60. The zero-order valence-corrected chi connectivity index (χ0v) is 11.3. The summed E-state index contributed by atoms with van der Waals surface area (Å²) in [6.45, 7) is 0. The second-order valence-electron chi connectivity index (χ2n) is 4.76. The Morgan fingerprint density at radius 2 is 1.05 bits per heavy atom. The Hall–Kier alpha value is -2.62. The van der Waals surface area contributed by atoms with E-state index in [0.717, 1.165) is 6.07 Å². The summed E-state index contributed by atoms with van der Waals surface area (Å²) in [5, 5.41) is 0. The zero-order valence-electron chi connectivity index (χ0n) is 11.3. The number of benzene rings is 3. The lowest BCUT2D eigenvalue weighted by molar-refractivity contribution is 0.502. The highest BCUT2D eigenvalue weighted by molar-refractivity contribution is 5.72. The molecular weight excluding hydrogens is 292 g/mol. The monoisotopic (exact) mass is 302 g/mol. The van der Waals surface area contributed by atoms with Crippen LogP contribution in [-0.2, 0) is 0 Å². The molecule has 3 aromatic rings. The fraction of sp³-hybridized carbons (Fsp3) is 0. The van der Waals surface area contributed by atoms with Crippen LogP contribution in [0.25, 0.3) is 22.3 Å². The third-order valence-electron chi connectivity index (χ3n) is 3.41. The van der Waals surface area contributed by atoms with Crippen molar-refractivity contribution < 1.29 is 17.6 Å². The van der Waals surface area contributed by atoms with Crippen molar-refractivity contribution in [1.29, 1.82) is 0 Å². The molecule has 110 valence electrons. The third-order valence-corrected chi connectivity index (χ3v) is 3.41. The average Bonchev–Trinajstić information content (AvgIpc) is 2.54. The number of halogens is 4. The van der Waals surface area contributed by atoms with E-state index in [-0.39, 0.29) is 16.7 Å². The van der Waals surface area contributed by atoms with Crippen molar-refractivity contribution >= 4 is 0 Å². The molecule has 4 heteroatoms. The van der Waals surface area contributed by atoms with Crippen LogP contribution in [0.1, 0.15) is 0 Å². The van der Waals surface area contributed by atoms with Crippen LogP contribution in [0.3, 0.4) is 0 Å². The molecule has 0 spiro atoms. The molecule has 0 unspecified atom stereocenters. The van der Waals surface area contributed by atoms with Gasteiger partial charge in [-0.25, -0.2) is 17.6 Å². The van der Waals surface area contributed by atoms with Crippen LogP contribution in [-0.4, -0.2) is 0 Å². The van der Waals surface area contributed by atoms with Crippen molar-refractivity contribution in [2.45, 2.75) is 0 Å². The molecule has 0 saturated carbocycles. The molecule has 0 fully saturated rings. The van der Waals surface area contributed by atoms with Gasteiger partial charge in [0.05, 0.1) is 0 Å². The smallest absolute Gasteiger partial charge is 0.167 e. The largest absolute Gasteiger partial charge is 0.204 e. The van der Waals surface area contributed by atoms with Gasteiger partial charge in [-0.05, 0) is 11.6 Å². The highest BCUT2D eigenvalue weighted by Gasteiger charge is 2.19. The predicted octanol–water partition coefficient (Wildman–Crippen LogP) is 5.58. The van der Waals surface area contributed by atoms with E-state index in [1.807, 2.05) is 0 Å². The molecule has 22 heavy (non-hydrogen) atoms. The molecule has 0 nitrogen and oxygen atoms in total. The van der Waals surface area contributed by atoms with E-state index in [2.05, 4.69) is 0 Å². The van der Waals surface area contributed by atoms with Crippen LogP contribution in [0.4, 0.5) is 17.6 Å². The summed E-state index contributed by atoms with van der Waals surface area (Å²) in [4.78, 5) is 0. The van der Waals surface area contributed by atoms with Crippen molar-refractivity contribution in [3.63, 3.8) is 0 Å². The first-order chi connectivity index (χ1) is 10.6. The van der Waals surface area contributed by atoms with E-state index in [9.17, 15) is 17.6 Å². The minimum Gasteiger partial charge on any atom is -0.204 e. The van der Waals surface area contributed by atoms with Crippen LogP contribution >= 0.6 is 0 Å². The Bertz CT molecular complexity index is 826. The van der Waals surface area contributed by atoms with Crippen LogP contribution in [0, 0.1) is 23.3 Å². The molecule has 3 rings (SSSR count). The Morgan fingerprint density at radius 1 is 0.455 bits per heavy atom. The van der Waals surface area contributed by atoms with E-state index in [1.165, 1.54) is 24.3 Å². The summed E-state index contributed by atoms with van der Waals surface area (Å²) in [6.07, 6.45) is 0. The lowest BCUT2D eigenvalue weighted by Crippen LogP contribution is -1.97. The standard InChI is InChI=1S/C18H10F4/c19-15-8-4-7-13(16(15)20)14-10-9-12(17(21)18(14)22)11-5-2-1-3-6-11/h1-10H. The lowest BCUT2D eigenvalue weighted by atomic mass is 9.98. The van der Waals surface area contributed by atoms with Gasteiger partial charge in [-0.3, -0.25) is 0 Å². The summed E-state index contributed by atoms with van der Waals surface area (Å²) in [6, 6.07) is 14.4. The van der Waals surface area contributed by atoms with Gasteiger partial charge in [-0.15, -0.1) is 0 Å². The second kappa shape index (κ2) is 5.64. The van der Waals surface area contributed by atoms with Crippen LogP contribution in [0.2, 0.25) is 0 Å². The first-order valence-electron chi connectivity index (χ1n) is 6.57. The quantitative estimate of drug-likeness (QED) is 0.542. The maximum Gasteiger partial charge on any atom is 0.167 e. The molecule has 0 radical (unpaired) electrons. The molecule has 0 aliphatic carbocycles. The van der Waals surface area contributed by atoms with Gasteiger partial charge < -0.3 is 0 Å². The maximum absolute atomic E-state index is 14.3. The van der Waals surface area contributed by atoms with Gasteiger partial charge in [-0.2, -0.15) is 0 Å². The van der Waals surface area contributed by atoms with Gasteiger partial charge in [-0.1, -0.05) is 54.6 Å². The first kappa shape index (κ1) is 14.3. The average molecular weight is 302 g/mol. The predicted molar refractivity (Wildman–Crippen MR) is 77.1 cm³/mol. The Morgan fingerprint density at radius 3 is 1.77 bits per heavy atom. The Labute approximate surface area is 124 Å². The van der Waals surface area contributed by atoms with Crippen LogP contribution in [0.5, 0.6) is 0 Å². The van der Waals surface area contributed by atoms with Crippen molar-refractivity contribution in [2.75, 3.05) is 0 Å². The van der Waals surface area contributed by atoms with Crippen molar-refractivity contribution in [1.82, 2.24) is 0 Å². The first-order valence-corrected chi connectivity index (χ1v) is 6.57. The Balaban J connectivity index is 2.17. The van der Waals surface area contributed by atoms with E-state index < -0.39 is 23.3 Å². The fourth-order valence-electron chi connectivity index (χ4n) is 2.31. The highest BCUT2D eigenvalue weighted by Crippen LogP contribution is 2.32. The third kappa shape index (κ3) is 2.37. The van der Waals surface area contributed by atoms with Gasteiger partial charge in [0.2, 0.25) is 0 Å². The van der Waals surface area contributed by atoms with Crippen LogP contribution in [0.15, 0.2) is 60.7 Å². The SMILES string of the molecule is Fc1cccc(-c2ccc(-c3ccccc3)c(F)c2F)c1F. The minimum atomic E-state index is -1.20. The maximum atomic E-state index is 14.3. The molecule has 0 heterocycles. The molecule has 3 aromatic carbocycles. The van der Waals surface area contributed by atoms with Gasteiger partial charge in [0, 0.05) is 16.7 Å². The van der Waals surface area contributed by atoms with Crippen molar-refractivity contribution in [2.24, 2.45) is 0 Å². The van der Waals surface area contributed by atoms with Gasteiger partial charge in [0.25, 0.3) is 0 Å². The Kier molecular flexibility index (Phi) is 3.67. The van der Waals surface area contributed by atoms with Gasteiger partial charge in [0.15, 0.2) is 23.3 Å². The van der Waals surface area contributed by atoms with E-state index in [1.54, 1.807) is 30.3 Å². The minimum absolute atomic E-state index is 0.0682. The summed E-state index contributed by atoms with van der Waals surface area (Å²) in [7, 11) is 0. The molecule has 0 atom stereocenters. The molecule has 0 aromatic heterocycles. The normalized spacial score (nSPS) is 10.7. The molecule has 0 aliphatic heterocycles. The lowest BCUT2D eigenvalue weighted by Gasteiger charge is -2.10. The molecule has 0 saturated heterocycles.